The van der Waals surface area contributed by atoms with Gasteiger partial charge in [0.15, 0.2) is 0 Å². The number of hydrogen-bond donors (Lipinski definition) is 0. The van der Waals surface area contributed by atoms with Crippen molar-refractivity contribution in [2.45, 2.75) is 6.54 Å². The second-order valence-electron chi connectivity index (χ2n) is 5.89. The van der Waals surface area contributed by atoms with Gasteiger partial charge < -0.3 is 9.64 Å². The van der Waals surface area contributed by atoms with Crippen molar-refractivity contribution < 1.29 is 9.53 Å². The third kappa shape index (κ3) is 3.89. The van der Waals surface area contributed by atoms with Gasteiger partial charge in [-0.2, -0.15) is 0 Å². The van der Waals surface area contributed by atoms with Crippen molar-refractivity contribution in [1.29, 1.82) is 0 Å². The number of rotatable bonds is 4. The van der Waals surface area contributed by atoms with E-state index in [1.807, 2.05) is 41.3 Å². The molecule has 1 fully saturated rings. The van der Waals surface area contributed by atoms with Crippen molar-refractivity contribution in [2.24, 2.45) is 0 Å². The molecule has 4 nitrogen and oxygen atoms in total. The third-order valence-corrected chi connectivity index (χ3v) is 4.70. The molecule has 1 amide bonds. The molecule has 126 valence electrons. The largest absolute Gasteiger partial charge is 0.497 e. The Labute approximate surface area is 147 Å². The minimum Gasteiger partial charge on any atom is -0.497 e. The predicted molar refractivity (Wildman–Crippen MR) is 95.6 cm³/mol. The molecule has 0 unspecified atom stereocenters. The zero-order valence-electron chi connectivity index (χ0n) is 13.7. The van der Waals surface area contributed by atoms with Crippen LogP contribution in [0.4, 0.5) is 0 Å². The van der Waals surface area contributed by atoms with Crippen LogP contribution in [0.15, 0.2) is 48.5 Å². The highest BCUT2D eigenvalue weighted by Crippen LogP contribution is 2.19. The minimum atomic E-state index is 0.0614. The van der Waals surface area contributed by atoms with Crippen molar-refractivity contribution in [2.75, 3.05) is 33.3 Å². The van der Waals surface area contributed by atoms with E-state index < -0.39 is 0 Å². The van der Waals surface area contributed by atoms with Crippen LogP contribution in [0.25, 0.3) is 0 Å². The van der Waals surface area contributed by atoms with E-state index >= 15 is 0 Å². The smallest absolute Gasteiger partial charge is 0.254 e. The summed E-state index contributed by atoms with van der Waals surface area (Å²) in [7, 11) is 1.61. The van der Waals surface area contributed by atoms with E-state index in [9.17, 15) is 4.79 Å². The lowest BCUT2D eigenvalue weighted by atomic mass is 10.1. The summed E-state index contributed by atoms with van der Waals surface area (Å²) in [5, 5.41) is 0.799. The molecule has 0 N–H and O–H groups in total. The van der Waals surface area contributed by atoms with Crippen molar-refractivity contribution in [3.05, 3.63) is 64.7 Å². The van der Waals surface area contributed by atoms with Crippen molar-refractivity contribution in [3.63, 3.8) is 0 Å². The van der Waals surface area contributed by atoms with Gasteiger partial charge in [0, 0.05) is 43.3 Å². The van der Waals surface area contributed by atoms with E-state index in [0.29, 0.717) is 11.3 Å². The van der Waals surface area contributed by atoms with E-state index in [4.69, 9.17) is 16.3 Å². The second kappa shape index (κ2) is 7.69. The van der Waals surface area contributed by atoms with Crippen molar-refractivity contribution in [3.8, 4) is 5.75 Å². The Morgan fingerprint density at radius 1 is 1.08 bits per heavy atom. The van der Waals surface area contributed by atoms with Crippen molar-refractivity contribution >= 4 is 17.5 Å². The summed E-state index contributed by atoms with van der Waals surface area (Å²) in [6.45, 7) is 3.96. The molecule has 2 aromatic rings. The summed E-state index contributed by atoms with van der Waals surface area (Å²) >= 11 is 6.23. The highest BCUT2D eigenvalue weighted by Gasteiger charge is 2.22. The van der Waals surface area contributed by atoms with Crippen molar-refractivity contribution in [1.82, 2.24) is 9.80 Å². The van der Waals surface area contributed by atoms with E-state index in [2.05, 4.69) is 11.0 Å². The normalized spacial score (nSPS) is 15.3. The Morgan fingerprint density at radius 3 is 2.54 bits per heavy atom. The summed E-state index contributed by atoms with van der Waals surface area (Å²) in [4.78, 5) is 16.8. The topological polar surface area (TPSA) is 32.8 Å². The fraction of sp³-hybridized carbons (Fsp3) is 0.316. The average Bonchev–Trinajstić information content (AvgIpc) is 2.64. The number of nitrogens with zero attached hydrogens (tertiary/aromatic N) is 2. The fourth-order valence-electron chi connectivity index (χ4n) is 2.92. The Balaban J connectivity index is 1.58. The molecule has 1 saturated heterocycles. The summed E-state index contributed by atoms with van der Waals surface area (Å²) in [6, 6.07) is 15.2. The number of hydrogen-bond acceptors (Lipinski definition) is 3. The maximum Gasteiger partial charge on any atom is 0.254 e. The van der Waals surface area contributed by atoms with Gasteiger partial charge in [-0.3, -0.25) is 9.69 Å². The van der Waals surface area contributed by atoms with E-state index in [1.165, 1.54) is 0 Å². The quantitative estimate of drug-likeness (QED) is 0.853. The number of methoxy groups -OCH3 is 1. The molecule has 5 heteroatoms. The number of carbonyl (C=O) groups excluding carboxylic acids is 1. The average molecular weight is 345 g/mol. The molecular formula is C19H21ClN2O2. The van der Waals surface area contributed by atoms with Crippen LogP contribution in [-0.4, -0.2) is 49.0 Å². The van der Waals surface area contributed by atoms with Crippen LogP contribution in [0.3, 0.4) is 0 Å². The van der Waals surface area contributed by atoms with Gasteiger partial charge in [0.25, 0.3) is 5.91 Å². The molecular weight excluding hydrogens is 324 g/mol. The molecule has 1 aliphatic rings. The summed E-state index contributed by atoms with van der Waals surface area (Å²) in [5.74, 6) is 0.768. The first-order valence-corrected chi connectivity index (χ1v) is 8.44. The zero-order valence-corrected chi connectivity index (χ0v) is 14.5. The maximum atomic E-state index is 12.6. The second-order valence-corrected chi connectivity index (χ2v) is 6.30. The number of halogens is 1. The first-order chi connectivity index (χ1) is 11.7. The molecule has 0 aromatic heterocycles. The molecule has 1 aliphatic heterocycles. The molecule has 0 bridgehead atoms. The van der Waals surface area contributed by atoms with Crippen LogP contribution < -0.4 is 4.74 Å². The monoisotopic (exact) mass is 344 g/mol. The molecule has 0 aliphatic carbocycles. The Bertz CT molecular complexity index is 712. The Morgan fingerprint density at radius 2 is 1.83 bits per heavy atom. The minimum absolute atomic E-state index is 0.0614. The van der Waals surface area contributed by atoms with Gasteiger partial charge in [-0.1, -0.05) is 35.9 Å². The number of amides is 1. The fourth-order valence-corrected chi connectivity index (χ4v) is 3.11. The van der Waals surface area contributed by atoms with Crippen LogP contribution in [-0.2, 0) is 6.54 Å². The van der Waals surface area contributed by atoms with Gasteiger partial charge in [0.05, 0.1) is 7.11 Å². The molecule has 1 heterocycles. The van der Waals surface area contributed by atoms with Crippen LogP contribution in [0, 0.1) is 0 Å². The maximum absolute atomic E-state index is 12.6. The molecule has 24 heavy (non-hydrogen) atoms. The van der Waals surface area contributed by atoms with Gasteiger partial charge >= 0.3 is 0 Å². The summed E-state index contributed by atoms with van der Waals surface area (Å²) in [6.07, 6.45) is 0. The van der Waals surface area contributed by atoms with Crippen LogP contribution in [0.2, 0.25) is 5.02 Å². The summed E-state index contributed by atoms with van der Waals surface area (Å²) in [5.41, 5.74) is 1.81. The van der Waals surface area contributed by atoms with Gasteiger partial charge in [-0.05, 0) is 29.8 Å². The number of piperazine rings is 1. The molecule has 3 rings (SSSR count). The first-order valence-electron chi connectivity index (χ1n) is 8.06. The van der Waals surface area contributed by atoms with E-state index in [-0.39, 0.29) is 5.91 Å². The lowest BCUT2D eigenvalue weighted by Gasteiger charge is -2.35. The van der Waals surface area contributed by atoms with E-state index in [1.54, 1.807) is 13.2 Å². The van der Waals surface area contributed by atoms with Gasteiger partial charge in [-0.25, -0.2) is 0 Å². The number of carbonyl (C=O) groups is 1. The standard InChI is InChI=1S/C19H21ClN2O2/c1-24-17-7-4-6-15(13-17)19(23)22-11-9-21(10-12-22)14-16-5-2-3-8-18(16)20/h2-8,13H,9-12,14H2,1H3. The highest BCUT2D eigenvalue weighted by atomic mass is 35.5. The zero-order chi connectivity index (χ0) is 16.9. The first kappa shape index (κ1) is 16.8. The SMILES string of the molecule is COc1cccc(C(=O)N2CCN(Cc3ccccc3Cl)CC2)c1. The third-order valence-electron chi connectivity index (χ3n) is 4.33. The number of benzene rings is 2. The molecule has 0 atom stereocenters. The molecule has 0 saturated carbocycles. The predicted octanol–water partition coefficient (Wildman–Crippen LogP) is 3.31. The number of ether oxygens (including phenoxy) is 1. The lowest BCUT2D eigenvalue weighted by Crippen LogP contribution is -2.48. The lowest BCUT2D eigenvalue weighted by molar-refractivity contribution is 0.0628. The highest BCUT2D eigenvalue weighted by molar-refractivity contribution is 6.31. The molecule has 0 radical (unpaired) electrons. The van der Waals surface area contributed by atoms with Crippen LogP contribution in [0.1, 0.15) is 15.9 Å². The van der Waals surface area contributed by atoms with Crippen LogP contribution in [0.5, 0.6) is 5.75 Å². The molecule has 0 spiro atoms. The van der Waals surface area contributed by atoms with Gasteiger partial charge in [0.1, 0.15) is 5.75 Å². The summed E-state index contributed by atoms with van der Waals surface area (Å²) < 4.78 is 5.20. The van der Waals surface area contributed by atoms with Crippen LogP contribution >= 0.6 is 11.6 Å². The van der Waals surface area contributed by atoms with E-state index in [0.717, 1.165) is 43.3 Å². The van der Waals surface area contributed by atoms with Gasteiger partial charge in [0.2, 0.25) is 0 Å². The Hall–Kier alpha value is -2.04. The molecule has 2 aromatic carbocycles. The van der Waals surface area contributed by atoms with Gasteiger partial charge in [-0.15, -0.1) is 0 Å². The Kier molecular flexibility index (Phi) is 5.38.